The maximum Gasteiger partial charge on any atom is 0.451 e. The summed E-state index contributed by atoms with van der Waals surface area (Å²) in [7, 11) is 1.37. The highest BCUT2D eigenvalue weighted by Gasteiger charge is 2.49. The van der Waals surface area contributed by atoms with Crippen LogP contribution in [0.4, 0.5) is 13.2 Å². The first kappa shape index (κ1) is 29.6. The Kier molecular flexibility index (Phi) is 7.37. The number of H-pyrrole nitrogens is 1. The first-order valence-corrected chi connectivity index (χ1v) is 14.2. The van der Waals surface area contributed by atoms with E-state index in [9.17, 15) is 23.2 Å². The minimum atomic E-state index is -4.81. The van der Waals surface area contributed by atoms with Gasteiger partial charge in [0, 0.05) is 62.7 Å². The average molecular weight is 609 g/mol. The third-order valence-corrected chi connectivity index (χ3v) is 8.78. The van der Waals surface area contributed by atoms with Gasteiger partial charge in [-0.05, 0) is 38.8 Å². The molecule has 1 aliphatic carbocycles. The van der Waals surface area contributed by atoms with Crippen molar-refractivity contribution >= 4 is 16.9 Å². The van der Waals surface area contributed by atoms with Gasteiger partial charge in [0.2, 0.25) is 5.82 Å². The molecule has 5 heterocycles. The zero-order chi connectivity index (χ0) is 31.3. The number of nitrogens with one attached hydrogen (secondary N) is 1. The second kappa shape index (κ2) is 10.9. The van der Waals surface area contributed by atoms with Crippen molar-refractivity contribution in [3.8, 4) is 17.3 Å². The number of nitriles is 1. The van der Waals surface area contributed by atoms with Gasteiger partial charge in [-0.25, -0.2) is 19.9 Å². The molecule has 0 radical (unpaired) electrons. The molecule has 4 aromatic rings. The topological polar surface area (TPSA) is 142 Å². The summed E-state index contributed by atoms with van der Waals surface area (Å²) in [6, 6.07) is 5.68. The first-order valence-electron chi connectivity index (χ1n) is 14.2. The van der Waals surface area contributed by atoms with Crippen molar-refractivity contribution in [2.24, 2.45) is 0 Å². The fraction of sp³-hybridized carbons (Fsp3) is 0.483. The Labute approximate surface area is 250 Å². The van der Waals surface area contributed by atoms with Gasteiger partial charge in [-0.2, -0.15) is 23.5 Å². The number of aromatic amines is 1. The summed E-state index contributed by atoms with van der Waals surface area (Å²) in [5.74, 6) is -1.95. The Morgan fingerprint density at radius 3 is 2.61 bits per heavy atom. The molecule has 1 saturated carbocycles. The molecule has 1 N–H and O–H groups in total. The highest BCUT2D eigenvalue weighted by Crippen LogP contribution is 2.45. The highest BCUT2D eigenvalue weighted by molar-refractivity contribution is 5.92. The van der Waals surface area contributed by atoms with Crippen molar-refractivity contribution < 1.29 is 22.7 Å². The maximum absolute atomic E-state index is 13.6. The molecule has 0 unspecified atom stereocenters. The minimum Gasteiger partial charge on any atom is -0.373 e. The van der Waals surface area contributed by atoms with E-state index in [0.29, 0.717) is 45.4 Å². The van der Waals surface area contributed by atoms with Crippen LogP contribution in [0.3, 0.4) is 0 Å². The Morgan fingerprint density at radius 2 is 1.93 bits per heavy atom. The molecule has 44 heavy (non-hydrogen) atoms. The summed E-state index contributed by atoms with van der Waals surface area (Å²) < 4.78 is 47.9. The van der Waals surface area contributed by atoms with Crippen molar-refractivity contribution in [3.63, 3.8) is 0 Å². The molecule has 230 valence electrons. The summed E-state index contributed by atoms with van der Waals surface area (Å²) >= 11 is 0. The van der Waals surface area contributed by atoms with Crippen LogP contribution in [0.5, 0.6) is 0 Å². The van der Waals surface area contributed by atoms with E-state index in [-0.39, 0.29) is 17.4 Å². The number of hydrogen-bond acceptors (Lipinski definition) is 9. The minimum absolute atomic E-state index is 0.0216. The standard InChI is InChI=1S/C29H31F3N10O2/c1-27(2,44-3)22-12-21(38-26(39-22)29(30,31)32)25(43)41-10-8-40(9-11-41)19-13-28(14-19,5-6-33)42-16-18(15-37-42)23-20-4-7-34-24(20)36-17-35-23/h4,7,12,15-17,19H,5,8-11,13-14H2,1-3H3,(H,34,35,36)/t19-,28-. The number of rotatable bonds is 7. The number of piperazine rings is 1. The van der Waals surface area contributed by atoms with Gasteiger partial charge in [0.05, 0.1) is 35.6 Å². The van der Waals surface area contributed by atoms with Crippen molar-refractivity contribution in [2.45, 2.75) is 56.5 Å². The van der Waals surface area contributed by atoms with Crippen molar-refractivity contribution in [2.75, 3.05) is 33.3 Å². The SMILES string of the molecule is COC(C)(C)c1cc(C(=O)N2CCN([C@H]3C[C@](CC#N)(n4cc(-c5ncnc6[nH]ccc56)cn4)C3)CC2)nc(C(F)(F)F)n1. The van der Waals surface area contributed by atoms with Gasteiger partial charge in [0.1, 0.15) is 23.3 Å². The average Bonchev–Trinajstić information content (AvgIpc) is 3.68. The second-order valence-electron chi connectivity index (χ2n) is 11.8. The number of carbonyl (C=O) groups excluding carboxylic acids is 1. The van der Waals surface area contributed by atoms with Crippen LogP contribution in [-0.2, 0) is 22.1 Å². The molecular weight excluding hydrogens is 577 g/mol. The highest BCUT2D eigenvalue weighted by atomic mass is 19.4. The summed E-state index contributed by atoms with van der Waals surface area (Å²) in [6.07, 6.45) is 3.87. The lowest BCUT2D eigenvalue weighted by atomic mass is 9.70. The van der Waals surface area contributed by atoms with Crippen LogP contribution >= 0.6 is 0 Å². The van der Waals surface area contributed by atoms with Gasteiger partial charge in [0.15, 0.2) is 0 Å². The Morgan fingerprint density at radius 1 is 1.18 bits per heavy atom. The molecule has 6 rings (SSSR count). The molecule has 0 spiro atoms. The van der Waals surface area contributed by atoms with E-state index in [1.165, 1.54) is 24.4 Å². The number of aromatic nitrogens is 7. The van der Waals surface area contributed by atoms with Crippen LogP contribution in [0, 0.1) is 11.3 Å². The third-order valence-electron chi connectivity index (χ3n) is 8.78. The summed E-state index contributed by atoms with van der Waals surface area (Å²) in [6.45, 7) is 4.91. The van der Waals surface area contributed by atoms with E-state index < -0.39 is 29.0 Å². The number of nitrogens with zero attached hydrogens (tertiary/aromatic N) is 9. The number of halogens is 3. The predicted molar refractivity (Wildman–Crippen MR) is 151 cm³/mol. The molecule has 15 heteroatoms. The number of hydrogen-bond donors (Lipinski definition) is 1. The second-order valence-corrected chi connectivity index (χ2v) is 11.8. The van der Waals surface area contributed by atoms with Crippen molar-refractivity contribution in [1.82, 2.24) is 44.5 Å². The smallest absolute Gasteiger partial charge is 0.373 e. The van der Waals surface area contributed by atoms with Crippen LogP contribution in [0.15, 0.2) is 37.1 Å². The lowest BCUT2D eigenvalue weighted by molar-refractivity contribution is -0.145. The van der Waals surface area contributed by atoms with E-state index in [1.54, 1.807) is 26.2 Å². The molecule has 2 aliphatic rings. The zero-order valence-corrected chi connectivity index (χ0v) is 24.5. The lowest BCUT2D eigenvalue weighted by Gasteiger charge is -2.52. The fourth-order valence-electron chi connectivity index (χ4n) is 5.99. The van der Waals surface area contributed by atoms with Gasteiger partial charge in [-0.1, -0.05) is 0 Å². The molecule has 0 bridgehead atoms. The number of ether oxygens (including phenoxy) is 1. The number of methoxy groups -OCH3 is 1. The van der Waals surface area contributed by atoms with Gasteiger partial charge in [-0.15, -0.1) is 0 Å². The van der Waals surface area contributed by atoms with Crippen LogP contribution in [0.25, 0.3) is 22.3 Å². The number of amides is 1. The Bertz CT molecular complexity index is 1730. The van der Waals surface area contributed by atoms with Gasteiger partial charge >= 0.3 is 6.18 Å². The van der Waals surface area contributed by atoms with Crippen LogP contribution in [0.2, 0.25) is 0 Å². The van der Waals surface area contributed by atoms with Crippen molar-refractivity contribution in [3.05, 3.63) is 54.3 Å². The zero-order valence-electron chi connectivity index (χ0n) is 24.5. The Hall–Kier alpha value is -4.42. The van der Waals surface area contributed by atoms with E-state index in [1.807, 2.05) is 16.9 Å². The van der Waals surface area contributed by atoms with E-state index in [2.05, 4.69) is 41.0 Å². The summed E-state index contributed by atoms with van der Waals surface area (Å²) in [4.78, 5) is 36.1. The molecule has 0 atom stereocenters. The van der Waals surface area contributed by atoms with Crippen LogP contribution < -0.4 is 0 Å². The molecule has 1 aliphatic heterocycles. The largest absolute Gasteiger partial charge is 0.451 e. The Balaban J connectivity index is 1.13. The predicted octanol–water partition coefficient (Wildman–Crippen LogP) is 3.74. The van der Waals surface area contributed by atoms with Gasteiger partial charge < -0.3 is 14.6 Å². The van der Waals surface area contributed by atoms with E-state index in [0.717, 1.165) is 22.3 Å². The summed E-state index contributed by atoms with van der Waals surface area (Å²) in [5.41, 5.74) is 0.384. The molecule has 2 fully saturated rings. The fourth-order valence-corrected chi connectivity index (χ4v) is 5.99. The maximum atomic E-state index is 13.6. The van der Waals surface area contributed by atoms with Crippen LogP contribution in [0.1, 0.15) is 55.1 Å². The molecule has 4 aromatic heterocycles. The quantitative estimate of drug-likeness (QED) is 0.332. The molecule has 1 saturated heterocycles. The monoisotopic (exact) mass is 608 g/mol. The van der Waals surface area contributed by atoms with Gasteiger partial charge in [-0.3, -0.25) is 14.4 Å². The number of alkyl halides is 3. The van der Waals surface area contributed by atoms with E-state index >= 15 is 0 Å². The molecular formula is C29H31F3N10O2. The normalized spacial score (nSPS) is 21.3. The summed E-state index contributed by atoms with van der Waals surface area (Å²) in [5, 5.41) is 15.2. The van der Waals surface area contributed by atoms with Crippen LogP contribution in [-0.4, -0.2) is 89.7 Å². The molecule has 12 nitrogen and oxygen atoms in total. The lowest BCUT2D eigenvalue weighted by Crippen LogP contribution is -2.60. The number of carbonyl (C=O) groups is 1. The van der Waals surface area contributed by atoms with Crippen molar-refractivity contribution in [1.29, 1.82) is 5.26 Å². The molecule has 1 amide bonds. The van der Waals surface area contributed by atoms with Gasteiger partial charge in [0.25, 0.3) is 5.91 Å². The molecule has 0 aromatic carbocycles. The first-order chi connectivity index (χ1) is 20.9. The number of fused-ring (bicyclic) bond motifs is 1. The van der Waals surface area contributed by atoms with E-state index in [4.69, 9.17) is 4.74 Å². The third kappa shape index (κ3) is 5.28.